The third-order valence-electron chi connectivity index (χ3n) is 6.59. The van der Waals surface area contributed by atoms with Gasteiger partial charge in [-0.05, 0) is 75.8 Å². The highest BCUT2D eigenvalue weighted by atomic mass is 19.1. The fourth-order valence-corrected chi connectivity index (χ4v) is 4.61. The lowest BCUT2D eigenvalue weighted by molar-refractivity contribution is -0.134. The number of carbonyl (C=O) groups is 1. The van der Waals surface area contributed by atoms with Gasteiger partial charge in [-0.2, -0.15) is 5.10 Å². The van der Waals surface area contributed by atoms with Crippen LogP contribution in [-0.4, -0.2) is 66.2 Å². The minimum Gasteiger partial charge on any atom is -0.306 e. The average Bonchev–Trinajstić information content (AvgIpc) is 3.20. The van der Waals surface area contributed by atoms with Crippen LogP contribution in [0.15, 0.2) is 53.6 Å². The number of amides is 1. The highest BCUT2D eigenvalue weighted by molar-refractivity contribution is 6.03. The molecule has 1 fully saturated rings. The summed E-state index contributed by atoms with van der Waals surface area (Å²) in [7, 11) is 4.18. The van der Waals surface area contributed by atoms with Gasteiger partial charge in [0.05, 0.1) is 18.3 Å². The van der Waals surface area contributed by atoms with E-state index in [-0.39, 0.29) is 17.8 Å². The van der Waals surface area contributed by atoms with Gasteiger partial charge in [0.2, 0.25) is 0 Å². The predicted molar refractivity (Wildman–Crippen MR) is 121 cm³/mol. The number of benzene rings is 2. The molecule has 1 saturated heterocycles. The van der Waals surface area contributed by atoms with Crippen molar-refractivity contribution in [3.63, 3.8) is 0 Å². The van der Waals surface area contributed by atoms with Crippen molar-refractivity contribution in [3.05, 3.63) is 71.0 Å². The Morgan fingerprint density at radius 3 is 2.48 bits per heavy atom. The van der Waals surface area contributed by atoms with Crippen molar-refractivity contribution in [1.29, 1.82) is 0 Å². The zero-order valence-corrected chi connectivity index (χ0v) is 18.6. The summed E-state index contributed by atoms with van der Waals surface area (Å²) in [4.78, 5) is 17.9. The van der Waals surface area contributed by atoms with Gasteiger partial charge >= 0.3 is 0 Å². The van der Waals surface area contributed by atoms with E-state index in [9.17, 15) is 9.18 Å². The molecule has 0 radical (unpaired) electrons. The lowest BCUT2D eigenvalue weighted by Gasteiger charge is -2.35. The van der Waals surface area contributed by atoms with Gasteiger partial charge in [-0.1, -0.05) is 36.4 Å². The lowest BCUT2D eigenvalue weighted by atomic mass is 9.95. The smallest absolute Gasteiger partial charge is 0.257 e. The topological polar surface area (TPSA) is 39.2 Å². The van der Waals surface area contributed by atoms with Crippen molar-refractivity contribution in [1.82, 2.24) is 14.8 Å². The monoisotopic (exact) mass is 422 g/mol. The van der Waals surface area contributed by atoms with Crippen molar-refractivity contribution >= 4 is 11.6 Å². The van der Waals surface area contributed by atoms with Crippen LogP contribution in [0, 0.1) is 12.7 Å². The first kappa shape index (κ1) is 21.7. The quantitative estimate of drug-likeness (QED) is 0.735. The third kappa shape index (κ3) is 4.86. The standard InChI is InChI=1S/C25H31FN4O/c1-18-6-4-5-7-22(18)24-16-23(19-8-10-20(26)11-9-19)27-30(24)25(31)17-29(3)21-12-14-28(2)15-13-21/h4-11,21,24H,12-17H2,1-3H3. The number of carbonyl (C=O) groups excluding carboxylic acids is 1. The van der Waals surface area contributed by atoms with Crippen LogP contribution in [0.2, 0.25) is 0 Å². The van der Waals surface area contributed by atoms with Crippen molar-refractivity contribution in [2.45, 2.75) is 38.3 Å². The lowest BCUT2D eigenvalue weighted by Crippen LogP contribution is -2.46. The SMILES string of the molecule is Cc1ccccc1C1CC(c2ccc(F)cc2)=NN1C(=O)CN(C)C1CCN(C)CC1. The van der Waals surface area contributed by atoms with Gasteiger partial charge < -0.3 is 4.90 Å². The first-order valence-electron chi connectivity index (χ1n) is 11.0. The summed E-state index contributed by atoms with van der Waals surface area (Å²) < 4.78 is 13.4. The van der Waals surface area contributed by atoms with Crippen molar-refractivity contribution in [2.24, 2.45) is 5.10 Å². The maximum atomic E-state index is 13.4. The summed E-state index contributed by atoms with van der Waals surface area (Å²) in [5.74, 6) is -0.266. The Hall–Kier alpha value is -2.57. The Balaban J connectivity index is 1.56. The number of nitrogens with zero attached hydrogens (tertiary/aromatic N) is 4. The number of halogens is 1. The molecule has 0 bridgehead atoms. The molecule has 2 aromatic carbocycles. The fraction of sp³-hybridized carbons (Fsp3) is 0.440. The van der Waals surface area contributed by atoms with E-state index in [1.54, 1.807) is 17.1 Å². The predicted octanol–water partition coefficient (Wildman–Crippen LogP) is 3.84. The van der Waals surface area contributed by atoms with Crippen LogP contribution in [0.4, 0.5) is 4.39 Å². The van der Waals surface area contributed by atoms with Crippen LogP contribution in [-0.2, 0) is 4.79 Å². The molecule has 4 rings (SSSR count). The second-order valence-electron chi connectivity index (χ2n) is 8.82. The summed E-state index contributed by atoms with van der Waals surface area (Å²) in [5.41, 5.74) is 3.94. The van der Waals surface area contributed by atoms with Crippen LogP contribution in [0.1, 0.15) is 42.0 Å². The number of hydrazone groups is 1. The molecule has 1 amide bonds. The van der Waals surface area contributed by atoms with Gasteiger partial charge in [0.15, 0.2) is 0 Å². The first-order chi connectivity index (χ1) is 14.9. The van der Waals surface area contributed by atoms with Crippen molar-refractivity contribution in [2.75, 3.05) is 33.7 Å². The number of rotatable bonds is 5. The molecule has 2 heterocycles. The molecule has 0 aliphatic carbocycles. The zero-order chi connectivity index (χ0) is 22.0. The summed E-state index contributed by atoms with van der Waals surface area (Å²) in [6.07, 6.45) is 2.78. The summed E-state index contributed by atoms with van der Waals surface area (Å²) in [5, 5.41) is 6.40. The normalized spacial score (nSPS) is 20.4. The maximum absolute atomic E-state index is 13.4. The molecule has 31 heavy (non-hydrogen) atoms. The third-order valence-corrected chi connectivity index (χ3v) is 6.59. The Bertz CT molecular complexity index is 950. The number of hydrogen-bond donors (Lipinski definition) is 0. The number of likely N-dealkylation sites (N-methyl/N-ethyl adjacent to an activating group) is 1. The summed E-state index contributed by atoms with van der Waals surface area (Å²) in [6, 6.07) is 14.8. The molecule has 2 aromatic rings. The van der Waals surface area contributed by atoms with Gasteiger partial charge in [0.1, 0.15) is 5.82 Å². The van der Waals surface area contributed by atoms with E-state index in [2.05, 4.69) is 35.9 Å². The second kappa shape index (κ2) is 9.28. The molecular weight excluding hydrogens is 391 g/mol. The maximum Gasteiger partial charge on any atom is 0.257 e. The van der Waals surface area contributed by atoms with Gasteiger partial charge in [-0.3, -0.25) is 9.69 Å². The van der Waals surface area contributed by atoms with Crippen LogP contribution < -0.4 is 0 Å². The van der Waals surface area contributed by atoms with E-state index in [0.29, 0.717) is 19.0 Å². The highest BCUT2D eigenvalue weighted by Gasteiger charge is 2.35. The largest absolute Gasteiger partial charge is 0.306 e. The van der Waals surface area contributed by atoms with E-state index < -0.39 is 0 Å². The van der Waals surface area contributed by atoms with Crippen LogP contribution in [0.3, 0.4) is 0 Å². The Kier molecular flexibility index (Phi) is 6.49. The number of hydrogen-bond acceptors (Lipinski definition) is 4. The van der Waals surface area contributed by atoms with Gasteiger partial charge in [0, 0.05) is 12.5 Å². The molecule has 1 atom stereocenters. The van der Waals surface area contributed by atoms with E-state index >= 15 is 0 Å². The van der Waals surface area contributed by atoms with E-state index in [0.717, 1.165) is 48.3 Å². The van der Waals surface area contributed by atoms with E-state index in [1.165, 1.54) is 12.1 Å². The molecule has 1 unspecified atom stereocenters. The number of likely N-dealkylation sites (tertiary alicyclic amines) is 1. The van der Waals surface area contributed by atoms with Crippen molar-refractivity contribution < 1.29 is 9.18 Å². The highest BCUT2D eigenvalue weighted by Crippen LogP contribution is 2.34. The van der Waals surface area contributed by atoms with Gasteiger partial charge in [0.25, 0.3) is 5.91 Å². The Labute approximate surface area is 184 Å². The number of piperidine rings is 1. The molecule has 5 nitrogen and oxygen atoms in total. The van der Waals surface area contributed by atoms with Crippen molar-refractivity contribution in [3.8, 4) is 0 Å². The molecule has 2 aliphatic rings. The minimum absolute atomic E-state index is 0.00629. The number of aryl methyl sites for hydroxylation is 1. The molecule has 2 aliphatic heterocycles. The molecule has 0 saturated carbocycles. The minimum atomic E-state index is -0.273. The second-order valence-corrected chi connectivity index (χ2v) is 8.82. The van der Waals surface area contributed by atoms with E-state index in [1.807, 2.05) is 19.2 Å². The molecule has 6 heteroatoms. The Morgan fingerprint density at radius 2 is 1.81 bits per heavy atom. The molecule has 164 valence electrons. The summed E-state index contributed by atoms with van der Waals surface area (Å²) in [6.45, 7) is 4.53. The van der Waals surface area contributed by atoms with Gasteiger partial charge in [-0.15, -0.1) is 0 Å². The van der Waals surface area contributed by atoms with Crippen LogP contribution in [0.5, 0.6) is 0 Å². The van der Waals surface area contributed by atoms with Crippen LogP contribution in [0.25, 0.3) is 0 Å². The molecule has 0 N–H and O–H groups in total. The van der Waals surface area contributed by atoms with E-state index in [4.69, 9.17) is 5.10 Å². The van der Waals surface area contributed by atoms with Gasteiger partial charge in [-0.25, -0.2) is 9.40 Å². The Morgan fingerprint density at radius 1 is 1.13 bits per heavy atom. The average molecular weight is 423 g/mol. The fourth-order valence-electron chi connectivity index (χ4n) is 4.61. The molecular formula is C25H31FN4O. The molecule has 0 spiro atoms. The molecule has 0 aromatic heterocycles. The zero-order valence-electron chi connectivity index (χ0n) is 18.6. The van der Waals surface area contributed by atoms with Crippen LogP contribution >= 0.6 is 0 Å². The summed E-state index contributed by atoms with van der Waals surface area (Å²) >= 11 is 0. The first-order valence-corrected chi connectivity index (χ1v) is 11.0.